The lowest BCUT2D eigenvalue weighted by atomic mass is 9.94. The second kappa shape index (κ2) is 17.9. The number of anilines is 5. The quantitative estimate of drug-likeness (QED) is 0.139. The summed E-state index contributed by atoms with van der Waals surface area (Å²) in [6, 6.07) is 9.42. The predicted molar refractivity (Wildman–Crippen MR) is 182 cm³/mol. The SMILES string of the molecule is Cc1cc(C(=O)N2CCC[C@@H](CC(=O)Nc3ccc4cc3CCc3cncc(c3)Nc3ncc(Cl)c(n3)N4)C2)no1.O=C(O)C(F)(F)F.O=C(O)C(F)(F)F. The van der Waals surface area contributed by atoms with Crippen LogP contribution in [0.4, 0.5) is 55.2 Å². The molecule has 22 heteroatoms. The molecule has 1 aromatic carbocycles. The van der Waals surface area contributed by atoms with Gasteiger partial charge in [0.05, 0.1) is 18.1 Å². The Morgan fingerprint density at radius 3 is 2.29 bits per heavy atom. The number of aliphatic carboxylic acids is 2. The number of aryl methyl sites for hydroxylation is 3. The summed E-state index contributed by atoms with van der Waals surface area (Å²) in [5.74, 6) is -4.24. The van der Waals surface area contributed by atoms with Crippen molar-refractivity contribution < 1.29 is 60.3 Å². The number of fused-ring (bicyclic) bond motifs is 6. The molecule has 1 saturated heterocycles. The smallest absolute Gasteiger partial charge is 0.475 e. The Kier molecular flexibility index (Phi) is 13.6. The van der Waals surface area contributed by atoms with Gasteiger partial charge in [-0.05, 0) is 73.9 Å². The first kappa shape index (κ1) is 41.8. The van der Waals surface area contributed by atoms with Gasteiger partial charge in [-0.15, -0.1) is 0 Å². The van der Waals surface area contributed by atoms with E-state index in [2.05, 4.69) is 36.1 Å². The van der Waals surface area contributed by atoms with Crippen LogP contribution in [0.1, 0.15) is 46.6 Å². The number of rotatable bonds is 4. The number of aromatic nitrogens is 4. The Bertz CT molecular complexity index is 2000. The summed E-state index contributed by atoms with van der Waals surface area (Å²) in [5.41, 5.74) is 4.61. The van der Waals surface area contributed by atoms with Crippen LogP contribution < -0.4 is 16.0 Å². The van der Waals surface area contributed by atoms with Gasteiger partial charge in [-0.2, -0.15) is 31.3 Å². The van der Waals surface area contributed by atoms with E-state index in [1.54, 1.807) is 30.3 Å². The average Bonchev–Trinajstić information content (AvgIpc) is 3.55. The van der Waals surface area contributed by atoms with Crippen molar-refractivity contribution in [2.75, 3.05) is 29.0 Å². The lowest BCUT2D eigenvalue weighted by Crippen LogP contribution is -2.41. The van der Waals surface area contributed by atoms with E-state index in [-0.39, 0.29) is 17.7 Å². The van der Waals surface area contributed by atoms with Crippen molar-refractivity contribution in [3.05, 3.63) is 76.5 Å². The number of piperidine rings is 1. The maximum Gasteiger partial charge on any atom is 0.490 e. The van der Waals surface area contributed by atoms with Crippen molar-refractivity contribution in [1.29, 1.82) is 0 Å². The van der Waals surface area contributed by atoms with Gasteiger partial charge in [-0.25, -0.2) is 14.6 Å². The Morgan fingerprint density at radius 2 is 1.65 bits per heavy atom. The normalized spacial score (nSPS) is 15.1. The molecule has 5 heterocycles. The van der Waals surface area contributed by atoms with Crippen LogP contribution in [0, 0.1) is 12.8 Å². The van der Waals surface area contributed by atoms with Crippen molar-refractivity contribution in [3.63, 3.8) is 0 Å². The molecule has 5 N–H and O–H groups in total. The molecule has 3 aromatic heterocycles. The van der Waals surface area contributed by atoms with Crippen LogP contribution in [0.3, 0.4) is 0 Å². The molecule has 2 aliphatic heterocycles. The molecule has 0 unspecified atom stereocenters. The maximum atomic E-state index is 13.2. The first-order valence-electron chi connectivity index (χ1n) is 16.0. The molecule has 2 aliphatic rings. The zero-order valence-electron chi connectivity index (χ0n) is 28.5. The lowest BCUT2D eigenvalue weighted by molar-refractivity contribution is -0.193. The highest BCUT2D eigenvalue weighted by Crippen LogP contribution is 2.30. The molecule has 0 radical (unpaired) electrons. The number of carbonyl (C=O) groups is 4. The number of nitrogens with zero attached hydrogens (tertiary/aromatic N) is 5. The molecule has 4 aromatic rings. The van der Waals surface area contributed by atoms with Crippen molar-refractivity contribution in [3.8, 4) is 0 Å². The summed E-state index contributed by atoms with van der Waals surface area (Å²) in [6.45, 7) is 2.91. The molecule has 0 spiro atoms. The van der Waals surface area contributed by atoms with Gasteiger partial charge in [-0.1, -0.05) is 16.8 Å². The minimum atomic E-state index is -5.08. The zero-order chi connectivity index (χ0) is 40.5. The molecule has 0 aliphatic carbocycles. The number of carboxylic acids is 2. The Morgan fingerprint density at radius 1 is 0.964 bits per heavy atom. The largest absolute Gasteiger partial charge is 0.490 e. The molecule has 1 atom stereocenters. The van der Waals surface area contributed by atoms with Crippen LogP contribution in [0.5, 0.6) is 0 Å². The highest BCUT2D eigenvalue weighted by Gasteiger charge is 2.39. The number of hydrogen-bond donors (Lipinski definition) is 5. The summed E-state index contributed by atoms with van der Waals surface area (Å²) in [6.07, 6.45) is -1.66. The fourth-order valence-corrected chi connectivity index (χ4v) is 5.40. The van der Waals surface area contributed by atoms with Crippen molar-refractivity contribution in [2.45, 2.75) is 51.4 Å². The standard InChI is InChI=1S/C29H29ClN8O3.2C2HF3O2/c1-17-9-25(37-41-17)28(40)38-8-2-3-19(16-38)11-26(39)35-24-7-6-21-12-20(24)5-4-18-10-22(14-31-13-18)34-29-32-15-23(30)27(33-21)36-29;2*3-2(4,5)1(6)7/h6-7,9-10,12-15,19H,2-5,8,11,16H2,1H3,(H,35,39)(H2,32,33,34,36);2*(H,6,7)/t19-;;/m0../s1. The number of hydrogen-bond acceptors (Lipinski definition) is 11. The van der Waals surface area contributed by atoms with Gasteiger partial charge in [0, 0.05) is 43.1 Å². The molecule has 6 bridgehead atoms. The monoisotopic (exact) mass is 800 g/mol. The van der Waals surface area contributed by atoms with E-state index in [0.717, 1.165) is 47.5 Å². The molecular weight excluding hydrogens is 770 g/mol. The third-order valence-electron chi connectivity index (χ3n) is 7.73. The van der Waals surface area contributed by atoms with Crippen LogP contribution >= 0.6 is 11.6 Å². The third-order valence-corrected chi connectivity index (χ3v) is 8.01. The van der Waals surface area contributed by atoms with Gasteiger partial charge in [0.15, 0.2) is 11.5 Å². The Balaban J connectivity index is 0.000000410. The molecule has 0 saturated carbocycles. The van der Waals surface area contributed by atoms with Gasteiger partial charge in [0.25, 0.3) is 5.91 Å². The number of benzene rings is 1. The van der Waals surface area contributed by atoms with Gasteiger partial charge in [-0.3, -0.25) is 14.6 Å². The number of carboxylic acid groups (broad SMARTS) is 2. The second-order valence-electron chi connectivity index (χ2n) is 12.0. The first-order chi connectivity index (χ1) is 25.8. The van der Waals surface area contributed by atoms with Gasteiger partial charge >= 0.3 is 24.3 Å². The van der Waals surface area contributed by atoms with Gasteiger partial charge in [0.2, 0.25) is 11.9 Å². The van der Waals surface area contributed by atoms with Gasteiger partial charge in [0.1, 0.15) is 10.8 Å². The van der Waals surface area contributed by atoms with E-state index in [1.807, 2.05) is 30.5 Å². The van der Waals surface area contributed by atoms with Crippen LogP contribution in [0.15, 0.2) is 53.4 Å². The van der Waals surface area contributed by atoms with E-state index in [4.69, 9.17) is 35.9 Å². The van der Waals surface area contributed by atoms with Crippen molar-refractivity contribution in [1.82, 2.24) is 25.0 Å². The number of amides is 2. The number of nitrogens with one attached hydrogen (secondary N) is 3. The first-order valence-corrected chi connectivity index (χ1v) is 16.4. The average molecular weight is 801 g/mol. The maximum absolute atomic E-state index is 13.2. The topological polar surface area (TPSA) is 213 Å². The summed E-state index contributed by atoms with van der Waals surface area (Å²) in [7, 11) is 0. The summed E-state index contributed by atoms with van der Waals surface area (Å²) in [4.78, 5) is 58.8. The molecule has 55 heavy (non-hydrogen) atoms. The molecule has 1 fully saturated rings. The van der Waals surface area contributed by atoms with Crippen LogP contribution in [-0.4, -0.2) is 84.4 Å². The Labute approximate surface area is 312 Å². The van der Waals surface area contributed by atoms with E-state index in [0.29, 0.717) is 54.2 Å². The number of halogens is 7. The molecule has 6 rings (SSSR count). The van der Waals surface area contributed by atoms with Crippen molar-refractivity contribution >= 4 is 64.2 Å². The number of carbonyl (C=O) groups excluding carboxylic acids is 2. The highest BCUT2D eigenvalue weighted by atomic mass is 35.5. The van der Waals surface area contributed by atoms with E-state index < -0.39 is 24.3 Å². The third kappa shape index (κ3) is 12.5. The van der Waals surface area contributed by atoms with Crippen LogP contribution in [-0.2, 0) is 27.2 Å². The summed E-state index contributed by atoms with van der Waals surface area (Å²) in [5, 5.41) is 28.1. The fraction of sp³-hybridized carbons (Fsp3) is 0.333. The van der Waals surface area contributed by atoms with Crippen LogP contribution in [0.25, 0.3) is 0 Å². The second-order valence-corrected chi connectivity index (χ2v) is 12.4. The number of likely N-dealkylation sites (tertiary alicyclic amines) is 1. The molecular formula is C33H31ClF6N8O7. The van der Waals surface area contributed by atoms with Crippen molar-refractivity contribution in [2.24, 2.45) is 5.92 Å². The molecule has 15 nitrogen and oxygen atoms in total. The fourth-order valence-electron chi connectivity index (χ4n) is 5.26. The summed E-state index contributed by atoms with van der Waals surface area (Å²) >= 11 is 6.37. The van der Waals surface area contributed by atoms with E-state index >= 15 is 0 Å². The molecule has 2 amide bonds. The Hall–Kier alpha value is -5.99. The minimum Gasteiger partial charge on any atom is -0.475 e. The summed E-state index contributed by atoms with van der Waals surface area (Å²) < 4.78 is 68.5. The van der Waals surface area contributed by atoms with Gasteiger partial charge < -0.3 is 35.6 Å². The van der Waals surface area contributed by atoms with E-state index in [9.17, 15) is 35.9 Å². The highest BCUT2D eigenvalue weighted by molar-refractivity contribution is 6.32. The zero-order valence-corrected chi connectivity index (χ0v) is 29.2. The van der Waals surface area contributed by atoms with Crippen LogP contribution in [0.2, 0.25) is 5.02 Å². The number of alkyl halides is 6. The minimum absolute atomic E-state index is 0.0575. The predicted octanol–water partition coefficient (Wildman–Crippen LogP) is 6.55. The lowest BCUT2D eigenvalue weighted by Gasteiger charge is -2.32. The molecule has 294 valence electrons. The van der Waals surface area contributed by atoms with E-state index in [1.165, 1.54) is 0 Å². The number of pyridine rings is 1.